The van der Waals surface area contributed by atoms with Gasteiger partial charge in [-0.25, -0.2) is 4.79 Å². The molecule has 1 saturated heterocycles. The molecule has 0 aliphatic carbocycles. The predicted octanol–water partition coefficient (Wildman–Crippen LogP) is -0.675. The van der Waals surface area contributed by atoms with Crippen molar-refractivity contribution in [3.8, 4) is 6.07 Å². The molecule has 2 aliphatic heterocycles. The summed E-state index contributed by atoms with van der Waals surface area (Å²) < 4.78 is 4.31. The topological polar surface area (TPSA) is 201 Å². The average molecular weight is 550 g/mol. The lowest BCUT2D eigenvalue weighted by atomic mass is 10.0. The van der Waals surface area contributed by atoms with E-state index in [0.29, 0.717) is 23.1 Å². The second-order valence-corrected chi connectivity index (χ2v) is 10.6. The monoisotopic (exact) mass is 549 g/mol. The molecule has 16 heteroatoms. The lowest BCUT2D eigenvalue weighted by molar-refractivity contribution is -0.876. The summed E-state index contributed by atoms with van der Waals surface area (Å²) in [6.07, 6.45) is 3.43. The van der Waals surface area contributed by atoms with Gasteiger partial charge in [-0.3, -0.25) is 19.3 Å². The van der Waals surface area contributed by atoms with Crippen molar-refractivity contribution in [3.05, 3.63) is 29.2 Å². The minimum Gasteiger partial charge on any atom is -0.477 e. The number of nitrogens with one attached hydrogen (secondary N) is 1. The van der Waals surface area contributed by atoms with Gasteiger partial charge in [0.25, 0.3) is 11.8 Å². The number of hydrogen-bond donors (Lipinski definition) is 3. The molecule has 2 aliphatic rings. The molecule has 196 valence electrons. The van der Waals surface area contributed by atoms with E-state index in [1.165, 1.54) is 18.7 Å². The maximum absolute atomic E-state index is 12.9. The number of anilines is 1. The molecule has 0 bridgehead atoms. The number of fused-ring (bicyclic) bond motifs is 1. The highest BCUT2D eigenvalue weighted by Crippen LogP contribution is 2.40. The van der Waals surface area contributed by atoms with Gasteiger partial charge in [0, 0.05) is 24.2 Å². The minimum absolute atomic E-state index is 0.0398. The number of Topliss-reactive ketones (excluding diaryl/α,β-unsaturated/α-hetero) is 1. The molecular weight excluding hydrogens is 524 g/mol. The summed E-state index contributed by atoms with van der Waals surface area (Å²) >= 11 is 2.11. The number of rotatable bonds is 11. The molecule has 0 unspecified atom stereocenters. The maximum Gasteiger partial charge on any atom is 0.352 e. The summed E-state index contributed by atoms with van der Waals surface area (Å²) in [6, 6.07) is 0.679. The van der Waals surface area contributed by atoms with E-state index >= 15 is 0 Å². The number of carbonyl (C=O) groups excluding carboxylic acids is 3. The molecule has 4 N–H and O–H groups in total. The SMILES string of the molecule is CC(=O)C[N+](C)(C)C/C=C/C1=C(C(=O)O)N2C(=O)[C@@H](NC(=O)/C(=N\OCC#N)c3nsc(N)n3)[C@H]2SC1. The maximum atomic E-state index is 12.9. The number of aromatic nitrogens is 2. The van der Waals surface area contributed by atoms with Crippen molar-refractivity contribution in [3.63, 3.8) is 0 Å². The first-order valence-electron chi connectivity index (χ1n) is 10.8. The van der Waals surface area contributed by atoms with E-state index in [9.17, 15) is 24.3 Å². The Bertz CT molecular complexity index is 1250. The van der Waals surface area contributed by atoms with Gasteiger partial charge in [-0.05, 0) is 11.6 Å². The van der Waals surface area contributed by atoms with Gasteiger partial charge < -0.3 is 25.5 Å². The fourth-order valence-corrected chi connectivity index (χ4v) is 5.52. The van der Waals surface area contributed by atoms with Crippen LogP contribution in [0.4, 0.5) is 5.13 Å². The molecule has 1 aromatic heterocycles. The number of nitrogens with two attached hydrogens (primary N) is 1. The van der Waals surface area contributed by atoms with Gasteiger partial charge in [0.15, 0.2) is 10.9 Å². The van der Waals surface area contributed by atoms with Crippen LogP contribution in [-0.4, -0.2) is 104 Å². The number of β-lactam (4-membered cyclic amide) rings is 1. The molecule has 14 nitrogen and oxygen atoms in total. The number of quaternary nitrogens is 1. The van der Waals surface area contributed by atoms with Crippen molar-refractivity contribution in [1.82, 2.24) is 19.6 Å². The number of oxime groups is 1. The summed E-state index contributed by atoms with van der Waals surface area (Å²) in [4.78, 5) is 59.1. The molecule has 3 heterocycles. The lowest BCUT2D eigenvalue weighted by Crippen LogP contribution is -2.71. The first-order valence-corrected chi connectivity index (χ1v) is 12.6. The third-order valence-corrected chi connectivity index (χ3v) is 7.05. The number of ketones is 1. The molecule has 1 fully saturated rings. The number of carboxylic acids is 1. The number of nitriles is 1. The van der Waals surface area contributed by atoms with E-state index in [1.54, 1.807) is 18.2 Å². The predicted molar refractivity (Wildman–Crippen MR) is 134 cm³/mol. The number of hydrogen-bond acceptors (Lipinski definition) is 12. The summed E-state index contributed by atoms with van der Waals surface area (Å²) in [7, 11) is 3.77. The number of nitrogen functional groups attached to an aromatic ring is 1. The van der Waals surface area contributed by atoms with E-state index in [2.05, 4.69) is 19.8 Å². The summed E-state index contributed by atoms with van der Waals surface area (Å²) in [6.45, 7) is 1.89. The van der Waals surface area contributed by atoms with Crippen LogP contribution >= 0.6 is 23.3 Å². The zero-order chi connectivity index (χ0) is 27.3. The molecule has 37 heavy (non-hydrogen) atoms. The van der Waals surface area contributed by atoms with E-state index in [4.69, 9.17) is 15.8 Å². The van der Waals surface area contributed by atoms with E-state index in [-0.39, 0.29) is 33.9 Å². The number of likely N-dealkylation sites (N-methyl/N-ethyl adjacent to an activating group) is 1. The van der Waals surface area contributed by atoms with Gasteiger partial charge in [-0.1, -0.05) is 11.2 Å². The van der Waals surface area contributed by atoms with E-state index < -0.39 is 35.8 Å². The van der Waals surface area contributed by atoms with Crippen LogP contribution in [0.3, 0.4) is 0 Å². The van der Waals surface area contributed by atoms with Gasteiger partial charge in [0.2, 0.25) is 18.1 Å². The number of carbonyl (C=O) groups is 4. The van der Waals surface area contributed by atoms with Gasteiger partial charge >= 0.3 is 5.97 Å². The second kappa shape index (κ2) is 11.5. The number of thioether (sulfide) groups is 1. The lowest BCUT2D eigenvalue weighted by Gasteiger charge is -2.49. The van der Waals surface area contributed by atoms with Crippen molar-refractivity contribution in [2.24, 2.45) is 5.16 Å². The third-order valence-electron chi connectivity index (χ3n) is 5.21. The Morgan fingerprint density at radius 1 is 1.43 bits per heavy atom. The van der Waals surface area contributed by atoms with Crippen LogP contribution in [0.1, 0.15) is 12.7 Å². The minimum atomic E-state index is -1.27. The van der Waals surface area contributed by atoms with Gasteiger partial charge in [-0.2, -0.15) is 14.6 Å². The van der Waals surface area contributed by atoms with Crippen LogP contribution in [-0.2, 0) is 24.0 Å². The first kappa shape index (κ1) is 27.8. The molecular formula is C21H25N8O6S2+. The highest BCUT2D eigenvalue weighted by molar-refractivity contribution is 8.00. The van der Waals surface area contributed by atoms with Gasteiger partial charge in [0.05, 0.1) is 20.6 Å². The first-order chi connectivity index (χ1) is 17.4. The molecule has 1 aromatic rings. The van der Waals surface area contributed by atoms with Crippen LogP contribution in [0.5, 0.6) is 0 Å². The summed E-state index contributed by atoms with van der Waals surface area (Å²) in [5.74, 6) is -2.53. The molecule has 0 spiro atoms. The Kier molecular flexibility index (Phi) is 8.63. The van der Waals surface area contributed by atoms with Crippen LogP contribution in [0.25, 0.3) is 0 Å². The van der Waals surface area contributed by atoms with Crippen LogP contribution in [0.2, 0.25) is 0 Å². The largest absolute Gasteiger partial charge is 0.477 e. The Labute approximate surface area is 220 Å². The van der Waals surface area contributed by atoms with Crippen molar-refractivity contribution >= 4 is 57.7 Å². The summed E-state index contributed by atoms with van der Waals surface area (Å²) in [5.41, 5.74) is 5.49. The normalized spacial score (nSPS) is 19.8. The Morgan fingerprint density at radius 3 is 2.76 bits per heavy atom. The Morgan fingerprint density at radius 2 is 2.16 bits per heavy atom. The zero-order valence-corrected chi connectivity index (χ0v) is 21.8. The fraction of sp³-hybridized carbons (Fsp3) is 0.429. The molecule has 3 rings (SSSR count). The van der Waals surface area contributed by atoms with Gasteiger partial charge in [-0.15, -0.1) is 11.8 Å². The quantitative estimate of drug-likeness (QED) is 0.104. The smallest absolute Gasteiger partial charge is 0.352 e. The molecule has 0 aromatic carbocycles. The molecule has 2 amide bonds. The van der Waals surface area contributed by atoms with Crippen molar-refractivity contribution in [2.75, 3.05) is 45.3 Å². The average Bonchev–Trinajstić information content (AvgIpc) is 3.24. The molecule has 0 saturated carbocycles. The number of carboxylic acid groups (broad SMARTS) is 1. The molecule has 0 radical (unpaired) electrons. The Hall–Kier alpha value is -3.81. The number of amides is 2. The highest BCUT2D eigenvalue weighted by atomic mass is 32.2. The van der Waals surface area contributed by atoms with Crippen molar-refractivity contribution in [2.45, 2.75) is 18.3 Å². The van der Waals surface area contributed by atoms with Crippen LogP contribution in [0.15, 0.2) is 28.6 Å². The third kappa shape index (κ3) is 6.50. The number of nitrogens with zero attached hydrogens (tertiary/aromatic N) is 6. The van der Waals surface area contributed by atoms with Crippen molar-refractivity contribution < 1.29 is 33.6 Å². The number of aliphatic carboxylic acids is 1. The summed E-state index contributed by atoms with van der Waals surface area (Å²) in [5, 5.41) is 24.0. The molecule has 2 atom stereocenters. The van der Waals surface area contributed by atoms with Crippen LogP contribution < -0.4 is 11.1 Å². The van der Waals surface area contributed by atoms with E-state index in [0.717, 1.165) is 16.4 Å². The van der Waals surface area contributed by atoms with E-state index in [1.807, 2.05) is 14.1 Å². The van der Waals surface area contributed by atoms with Gasteiger partial charge in [0.1, 0.15) is 29.7 Å². The van der Waals surface area contributed by atoms with Crippen LogP contribution in [0, 0.1) is 11.3 Å². The second-order valence-electron chi connectivity index (χ2n) is 8.75. The van der Waals surface area contributed by atoms with Crippen molar-refractivity contribution in [1.29, 1.82) is 5.26 Å². The number of allylic oxidation sites excluding steroid dienone is 1. The Balaban J connectivity index is 1.76. The fourth-order valence-electron chi connectivity index (χ4n) is 3.77. The highest BCUT2D eigenvalue weighted by Gasteiger charge is 2.54. The zero-order valence-electron chi connectivity index (χ0n) is 20.2. The standard InChI is InChI=1S/C21H24N8O6S2/c1-11(30)9-29(2,3)7-4-5-12-10-36-19-14(18(32)28(19)15(12)20(33)34)24-17(31)13(26-35-8-6-22)16-25-21(23)37-27-16/h4-5,14,19H,7-10H2,1-3H3,(H3-,23,24,25,27,31,33,34)/p+1/b5-4+,26-13-/t14-,19-/m1/s1.